The number of rotatable bonds is 9. The van der Waals surface area contributed by atoms with Gasteiger partial charge in [0.1, 0.15) is 0 Å². The van der Waals surface area contributed by atoms with Crippen LogP contribution in [0.1, 0.15) is 32.1 Å². The van der Waals surface area contributed by atoms with Crippen LogP contribution in [-0.4, -0.2) is 87.4 Å². The summed E-state index contributed by atoms with van der Waals surface area (Å²) in [5.74, 6) is -3.10. The Balaban J connectivity index is 0.000000462. The molecule has 2 N–H and O–H groups in total. The van der Waals surface area contributed by atoms with Crippen LogP contribution in [0.4, 0.5) is 18.0 Å². The van der Waals surface area contributed by atoms with Crippen LogP contribution in [0.15, 0.2) is 12.2 Å². The normalized spacial score (nSPS) is 19.6. The predicted molar refractivity (Wildman–Crippen MR) is 114 cm³/mol. The topological polar surface area (TPSA) is 140 Å². The third-order valence-electron chi connectivity index (χ3n) is 5.10. The smallest absolute Gasteiger partial charge is 0.452 e. The van der Waals surface area contributed by atoms with Gasteiger partial charge in [0.2, 0.25) is 5.91 Å². The average Bonchev–Trinajstić information content (AvgIpc) is 3.15. The highest BCUT2D eigenvalue weighted by Gasteiger charge is 2.40. The molecule has 14 heteroatoms. The van der Waals surface area contributed by atoms with Gasteiger partial charge in [0.25, 0.3) is 11.8 Å². The van der Waals surface area contributed by atoms with Crippen molar-refractivity contribution in [2.75, 3.05) is 40.6 Å². The van der Waals surface area contributed by atoms with Crippen molar-refractivity contribution >= 4 is 29.7 Å². The summed E-state index contributed by atoms with van der Waals surface area (Å²) >= 11 is 0. The summed E-state index contributed by atoms with van der Waals surface area (Å²) in [6.45, 7) is 1.75. The highest BCUT2D eigenvalue weighted by atomic mass is 19.4. The zero-order valence-electron chi connectivity index (χ0n) is 19.5. The molecule has 0 spiro atoms. The molecule has 198 valence electrons. The Labute approximate surface area is 200 Å². The molecule has 1 fully saturated rings. The summed E-state index contributed by atoms with van der Waals surface area (Å²) in [4.78, 5) is 55.0. The average molecular weight is 509 g/mol. The first-order valence-corrected chi connectivity index (χ1v) is 10.8. The van der Waals surface area contributed by atoms with Crippen molar-refractivity contribution < 1.29 is 51.4 Å². The zero-order chi connectivity index (χ0) is 26.4. The van der Waals surface area contributed by atoms with Crippen LogP contribution in [-0.2, 0) is 33.4 Å². The second kappa shape index (κ2) is 15.1. The number of alkyl halides is 3. The molecule has 0 aromatic carbocycles. The lowest BCUT2D eigenvalue weighted by atomic mass is 9.86. The lowest BCUT2D eigenvalue weighted by molar-refractivity contribution is -0.174. The third kappa shape index (κ3) is 11.3. The largest absolute Gasteiger partial charge is 0.471 e. The molecule has 0 atom stereocenters. The lowest BCUT2D eigenvalue weighted by Gasteiger charge is -2.29. The van der Waals surface area contributed by atoms with E-state index in [-0.39, 0.29) is 18.2 Å². The molecular weight excluding hydrogens is 479 g/mol. The van der Waals surface area contributed by atoms with Gasteiger partial charge >= 0.3 is 18.2 Å². The molecule has 0 unspecified atom stereocenters. The minimum absolute atomic E-state index is 0.111. The Hall–Kier alpha value is -3.00. The highest BCUT2D eigenvalue weighted by molar-refractivity contribution is 6.21. The number of imide groups is 3. The van der Waals surface area contributed by atoms with Crippen LogP contribution in [0.2, 0.25) is 0 Å². The van der Waals surface area contributed by atoms with E-state index in [4.69, 9.17) is 9.47 Å². The summed E-state index contributed by atoms with van der Waals surface area (Å²) in [6.07, 6.45) is -1.17. The van der Waals surface area contributed by atoms with Crippen molar-refractivity contribution in [2.24, 2.45) is 5.92 Å². The van der Waals surface area contributed by atoms with Gasteiger partial charge in [0.15, 0.2) is 0 Å². The molecule has 1 aliphatic heterocycles. The first-order chi connectivity index (χ1) is 16.5. The Morgan fingerprint density at radius 2 is 1.60 bits per heavy atom. The first kappa shape index (κ1) is 30.0. The Bertz CT molecular complexity index is 762. The SMILES string of the molecule is COC(=O)N1C(=O)C=CC1=O.COCCOCCC(=O)NCC1CCC(NC(=O)C(F)(F)F)CC1. The maximum Gasteiger partial charge on any atom is 0.471 e. The molecule has 2 aliphatic rings. The van der Waals surface area contributed by atoms with Crippen LogP contribution in [0.25, 0.3) is 0 Å². The van der Waals surface area contributed by atoms with E-state index in [1.807, 2.05) is 5.32 Å². The van der Waals surface area contributed by atoms with Crippen LogP contribution < -0.4 is 10.6 Å². The van der Waals surface area contributed by atoms with Crippen LogP contribution in [0.5, 0.6) is 0 Å². The number of nitrogens with one attached hydrogen (secondary N) is 2. The van der Waals surface area contributed by atoms with E-state index in [1.54, 1.807) is 7.11 Å². The van der Waals surface area contributed by atoms with Gasteiger partial charge in [-0.3, -0.25) is 19.2 Å². The Morgan fingerprint density at radius 3 is 2.11 bits per heavy atom. The number of amides is 5. The molecule has 1 aliphatic carbocycles. The molecule has 0 aromatic heterocycles. The fraction of sp³-hybridized carbons (Fsp3) is 0.667. The molecule has 11 nitrogen and oxygen atoms in total. The second-order valence-corrected chi connectivity index (χ2v) is 7.66. The Morgan fingerprint density at radius 1 is 1.00 bits per heavy atom. The van der Waals surface area contributed by atoms with E-state index in [0.29, 0.717) is 56.9 Å². The van der Waals surface area contributed by atoms with Crippen molar-refractivity contribution in [2.45, 2.75) is 44.3 Å². The molecular formula is C21H30F3N3O8. The minimum Gasteiger partial charge on any atom is -0.452 e. The predicted octanol–water partition coefficient (Wildman–Crippen LogP) is 1.07. The van der Waals surface area contributed by atoms with Gasteiger partial charge in [-0.25, -0.2) is 4.79 Å². The van der Waals surface area contributed by atoms with Gasteiger partial charge in [-0.2, -0.15) is 18.1 Å². The maximum absolute atomic E-state index is 12.2. The molecule has 0 saturated heterocycles. The van der Waals surface area contributed by atoms with Crippen LogP contribution in [0, 0.1) is 5.92 Å². The number of ether oxygens (including phenoxy) is 3. The zero-order valence-corrected chi connectivity index (χ0v) is 19.5. The van der Waals surface area contributed by atoms with E-state index in [1.165, 1.54) is 0 Å². The van der Waals surface area contributed by atoms with E-state index in [9.17, 15) is 37.1 Å². The van der Waals surface area contributed by atoms with E-state index < -0.39 is 36.0 Å². The summed E-state index contributed by atoms with van der Waals surface area (Å²) in [5, 5.41) is 4.82. The summed E-state index contributed by atoms with van der Waals surface area (Å²) < 4.78 is 50.7. The highest BCUT2D eigenvalue weighted by Crippen LogP contribution is 2.25. The van der Waals surface area contributed by atoms with Crippen molar-refractivity contribution in [3.63, 3.8) is 0 Å². The van der Waals surface area contributed by atoms with Crippen molar-refractivity contribution in [1.82, 2.24) is 15.5 Å². The summed E-state index contributed by atoms with van der Waals surface area (Å²) in [5.41, 5.74) is 0. The number of carbonyl (C=O) groups is 5. The molecule has 2 rings (SSSR count). The van der Waals surface area contributed by atoms with Gasteiger partial charge in [-0.1, -0.05) is 0 Å². The van der Waals surface area contributed by atoms with Gasteiger partial charge in [-0.05, 0) is 31.6 Å². The maximum atomic E-state index is 12.2. The fourth-order valence-corrected chi connectivity index (χ4v) is 3.21. The van der Waals surface area contributed by atoms with Crippen LogP contribution in [0.3, 0.4) is 0 Å². The molecule has 1 saturated carbocycles. The summed E-state index contributed by atoms with van der Waals surface area (Å²) in [6, 6.07) is -0.444. The van der Waals surface area contributed by atoms with Gasteiger partial charge in [0.05, 0.1) is 26.9 Å². The number of hydrogen-bond donors (Lipinski definition) is 2. The fourth-order valence-electron chi connectivity index (χ4n) is 3.21. The van der Waals surface area contributed by atoms with Gasteiger partial charge < -0.3 is 24.8 Å². The molecule has 0 aromatic rings. The number of nitrogens with zero attached hydrogens (tertiary/aromatic N) is 1. The van der Waals surface area contributed by atoms with Crippen molar-refractivity contribution in [1.29, 1.82) is 0 Å². The van der Waals surface area contributed by atoms with Crippen LogP contribution >= 0.6 is 0 Å². The molecule has 1 heterocycles. The Kier molecular flexibility index (Phi) is 12.9. The van der Waals surface area contributed by atoms with E-state index >= 15 is 0 Å². The number of halogens is 3. The first-order valence-electron chi connectivity index (χ1n) is 10.8. The minimum atomic E-state index is -4.84. The van der Waals surface area contributed by atoms with Gasteiger partial charge in [0, 0.05) is 38.3 Å². The third-order valence-corrected chi connectivity index (χ3v) is 5.10. The molecule has 5 amide bonds. The number of carbonyl (C=O) groups excluding carboxylic acids is 5. The number of methoxy groups -OCH3 is 2. The standard InChI is InChI=1S/C15H25F3N2O4.C6H5NO4/c1-23-8-9-24-7-6-13(21)19-10-11-2-4-12(5-3-11)20-14(22)15(16,17)18;1-11-6(10)7-4(8)2-3-5(7)9/h11-12H,2-10H2,1H3,(H,19,21)(H,20,22);2-3H,1H3. The lowest BCUT2D eigenvalue weighted by Crippen LogP contribution is -2.45. The quantitative estimate of drug-likeness (QED) is 0.348. The van der Waals surface area contributed by atoms with Gasteiger partial charge in [-0.15, -0.1) is 0 Å². The number of hydrogen-bond acceptors (Lipinski definition) is 8. The monoisotopic (exact) mass is 509 g/mol. The molecule has 35 heavy (non-hydrogen) atoms. The summed E-state index contributed by atoms with van der Waals surface area (Å²) in [7, 11) is 2.67. The molecule has 0 radical (unpaired) electrons. The second-order valence-electron chi connectivity index (χ2n) is 7.66. The van der Waals surface area contributed by atoms with Crippen molar-refractivity contribution in [3.8, 4) is 0 Å². The van der Waals surface area contributed by atoms with E-state index in [0.717, 1.165) is 19.3 Å². The van der Waals surface area contributed by atoms with Crippen molar-refractivity contribution in [3.05, 3.63) is 12.2 Å². The molecule has 0 bridgehead atoms. The van der Waals surface area contributed by atoms with E-state index in [2.05, 4.69) is 10.1 Å².